The average molecular weight is 467 g/mol. The van der Waals surface area contributed by atoms with Crippen LogP contribution in [0.25, 0.3) is 0 Å². The predicted octanol–water partition coefficient (Wildman–Crippen LogP) is 3.30. The van der Waals surface area contributed by atoms with Gasteiger partial charge < -0.3 is 20.3 Å². The maximum atomic E-state index is 12.8. The van der Waals surface area contributed by atoms with E-state index in [1.165, 1.54) is 24.8 Å². The summed E-state index contributed by atoms with van der Waals surface area (Å²) in [6.45, 7) is 6.47. The monoisotopic (exact) mass is 466 g/mol. The van der Waals surface area contributed by atoms with E-state index in [0.717, 1.165) is 57.3 Å². The molecule has 1 unspecified atom stereocenters. The van der Waals surface area contributed by atoms with Gasteiger partial charge in [0.25, 0.3) is 5.91 Å². The molecule has 8 heteroatoms. The number of rotatable bonds is 5. The van der Waals surface area contributed by atoms with E-state index in [0.29, 0.717) is 5.70 Å². The van der Waals surface area contributed by atoms with Crippen LogP contribution in [0.3, 0.4) is 0 Å². The molecular weight excluding hydrogens is 440 g/mol. The molecule has 3 heterocycles. The summed E-state index contributed by atoms with van der Waals surface area (Å²) in [7, 11) is 0. The second-order valence-electron chi connectivity index (χ2n) is 7.37. The zero-order valence-electron chi connectivity index (χ0n) is 16.0. The highest BCUT2D eigenvalue weighted by Crippen LogP contribution is 2.32. The van der Waals surface area contributed by atoms with Gasteiger partial charge in [-0.2, -0.15) is 0 Å². The van der Waals surface area contributed by atoms with E-state index in [4.69, 9.17) is 4.74 Å². The number of piperidine rings is 1. The third-order valence-corrected chi connectivity index (χ3v) is 6.94. The minimum absolute atomic E-state index is 0.0578. The lowest BCUT2D eigenvalue weighted by atomic mass is 10.1. The van der Waals surface area contributed by atoms with Gasteiger partial charge in [-0.15, -0.1) is 0 Å². The third kappa shape index (κ3) is 5.03. The van der Waals surface area contributed by atoms with Crippen LogP contribution in [-0.2, 0) is 16.1 Å². The van der Waals surface area contributed by atoms with Crippen molar-refractivity contribution in [2.45, 2.75) is 30.1 Å². The minimum atomic E-state index is -0.0868. The SMILES string of the molecule is O=C(Nc1cc(CN2CCOCC2)ccc1N1CCCCC1)C1=CSC(Br)N1. The van der Waals surface area contributed by atoms with Crippen LogP contribution in [0.15, 0.2) is 29.3 Å². The Balaban J connectivity index is 1.53. The molecule has 3 aliphatic rings. The van der Waals surface area contributed by atoms with E-state index < -0.39 is 0 Å². The summed E-state index contributed by atoms with van der Waals surface area (Å²) < 4.78 is 5.51. The lowest BCUT2D eigenvalue weighted by Crippen LogP contribution is -2.35. The number of amides is 1. The number of ether oxygens (including phenoxy) is 1. The van der Waals surface area contributed by atoms with E-state index in [1.807, 2.05) is 5.41 Å². The molecule has 0 aliphatic carbocycles. The maximum absolute atomic E-state index is 12.8. The van der Waals surface area contributed by atoms with E-state index >= 15 is 0 Å². The summed E-state index contributed by atoms with van der Waals surface area (Å²) in [5, 5.41) is 8.17. The molecule has 0 aromatic heterocycles. The number of benzene rings is 1. The average Bonchev–Trinajstić information content (AvgIpc) is 3.16. The molecule has 4 rings (SSSR count). The summed E-state index contributed by atoms with van der Waals surface area (Å²) in [5.41, 5.74) is 3.86. The van der Waals surface area contributed by atoms with Gasteiger partial charge in [0.05, 0.1) is 24.6 Å². The van der Waals surface area contributed by atoms with Crippen LogP contribution in [0.1, 0.15) is 24.8 Å². The second kappa shape index (κ2) is 9.52. The Hall–Kier alpha value is -1.22. The van der Waals surface area contributed by atoms with Gasteiger partial charge in [-0.25, -0.2) is 0 Å². The first-order chi connectivity index (χ1) is 13.7. The highest BCUT2D eigenvalue weighted by Gasteiger charge is 2.22. The van der Waals surface area contributed by atoms with Gasteiger partial charge in [-0.1, -0.05) is 33.8 Å². The van der Waals surface area contributed by atoms with Gasteiger partial charge in [0.15, 0.2) is 0 Å². The Morgan fingerprint density at radius 3 is 2.71 bits per heavy atom. The highest BCUT2D eigenvalue weighted by atomic mass is 79.9. The zero-order valence-corrected chi connectivity index (χ0v) is 18.4. The van der Waals surface area contributed by atoms with Crippen molar-refractivity contribution in [3.8, 4) is 0 Å². The lowest BCUT2D eigenvalue weighted by molar-refractivity contribution is -0.113. The number of nitrogens with one attached hydrogen (secondary N) is 2. The summed E-state index contributed by atoms with van der Waals surface area (Å²) in [6.07, 6.45) is 3.70. The van der Waals surface area contributed by atoms with Crippen LogP contribution in [0.4, 0.5) is 11.4 Å². The lowest BCUT2D eigenvalue weighted by Gasteiger charge is -2.31. The van der Waals surface area contributed by atoms with Gasteiger partial charge in [0.2, 0.25) is 0 Å². The topological polar surface area (TPSA) is 56.8 Å². The van der Waals surface area contributed by atoms with Gasteiger partial charge >= 0.3 is 0 Å². The normalized spacial score (nSPS) is 23.2. The Labute approximate surface area is 179 Å². The van der Waals surface area contributed by atoms with Crippen molar-refractivity contribution in [3.05, 3.63) is 34.9 Å². The smallest absolute Gasteiger partial charge is 0.272 e. The summed E-state index contributed by atoms with van der Waals surface area (Å²) in [4.78, 5) is 17.6. The van der Waals surface area contributed by atoms with Crippen LogP contribution < -0.4 is 15.5 Å². The summed E-state index contributed by atoms with van der Waals surface area (Å²) >= 11 is 5.03. The van der Waals surface area contributed by atoms with Crippen molar-refractivity contribution < 1.29 is 9.53 Å². The highest BCUT2D eigenvalue weighted by molar-refractivity contribution is 9.11. The number of nitrogens with zero attached hydrogens (tertiary/aromatic N) is 2. The molecule has 3 aliphatic heterocycles. The molecule has 2 saturated heterocycles. The number of alkyl halides is 1. The van der Waals surface area contributed by atoms with E-state index in [1.54, 1.807) is 11.8 Å². The molecule has 6 nitrogen and oxygen atoms in total. The van der Waals surface area contributed by atoms with Crippen molar-refractivity contribution >= 4 is 45.0 Å². The summed E-state index contributed by atoms with van der Waals surface area (Å²) in [5.74, 6) is -0.0868. The molecule has 0 saturated carbocycles. The van der Waals surface area contributed by atoms with Crippen LogP contribution in [0.2, 0.25) is 0 Å². The number of carbonyl (C=O) groups is 1. The van der Waals surface area contributed by atoms with Crippen molar-refractivity contribution in [2.24, 2.45) is 0 Å². The Morgan fingerprint density at radius 1 is 1.21 bits per heavy atom. The minimum Gasteiger partial charge on any atom is -0.379 e. The molecule has 0 bridgehead atoms. The van der Waals surface area contributed by atoms with E-state index in [9.17, 15) is 4.79 Å². The molecule has 28 heavy (non-hydrogen) atoms. The number of thioether (sulfide) groups is 1. The predicted molar refractivity (Wildman–Crippen MR) is 119 cm³/mol. The van der Waals surface area contributed by atoms with Gasteiger partial charge in [-0.05, 0) is 37.0 Å². The fourth-order valence-corrected chi connectivity index (χ4v) is 5.03. The van der Waals surface area contributed by atoms with Gasteiger partial charge in [0, 0.05) is 38.1 Å². The molecule has 1 aromatic carbocycles. The molecule has 1 amide bonds. The number of morpholine rings is 1. The number of hydrogen-bond donors (Lipinski definition) is 2. The molecule has 0 spiro atoms. The third-order valence-electron chi connectivity index (χ3n) is 5.33. The quantitative estimate of drug-likeness (QED) is 0.512. The standard InChI is InChI=1S/C20H27BrN4O2S/c21-20-23-17(14-28-20)19(26)22-16-12-15(13-24-8-10-27-11-9-24)4-5-18(16)25-6-2-1-3-7-25/h4-5,12,14,20,23H,1-3,6-11,13H2,(H,22,26). The van der Waals surface area contributed by atoms with E-state index in [2.05, 4.69) is 54.6 Å². The van der Waals surface area contributed by atoms with Gasteiger partial charge in [0.1, 0.15) is 9.98 Å². The number of hydrogen-bond acceptors (Lipinski definition) is 6. The van der Waals surface area contributed by atoms with Crippen LogP contribution in [0, 0.1) is 0 Å². The molecule has 1 aromatic rings. The second-order valence-corrected chi connectivity index (χ2v) is 9.87. The van der Waals surface area contributed by atoms with Crippen molar-refractivity contribution in [2.75, 3.05) is 49.6 Å². The van der Waals surface area contributed by atoms with Gasteiger partial charge in [-0.3, -0.25) is 9.69 Å². The first kappa shape index (κ1) is 20.1. The largest absolute Gasteiger partial charge is 0.379 e. The molecule has 2 N–H and O–H groups in total. The van der Waals surface area contributed by atoms with Crippen molar-refractivity contribution in [3.63, 3.8) is 0 Å². The fraction of sp³-hybridized carbons (Fsp3) is 0.550. The molecular formula is C20H27BrN4O2S. The fourth-order valence-electron chi connectivity index (χ4n) is 3.84. The Kier molecular flexibility index (Phi) is 6.82. The Morgan fingerprint density at radius 2 is 2.00 bits per heavy atom. The maximum Gasteiger partial charge on any atom is 0.272 e. The number of anilines is 2. The number of carbonyl (C=O) groups excluding carboxylic acids is 1. The van der Waals surface area contributed by atoms with Crippen molar-refractivity contribution in [1.82, 2.24) is 10.2 Å². The molecule has 152 valence electrons. The zero-order chi connectivity index (χ0) is 19.3. The molecule has 0 radical (unpaired) electrons. The number of halogens is 1. The Bertz CT molecular complexity index is 733. The first-order valence-electron chi connectivity index (χ1n) is 9.94. The summed E-state index contributed by atoms with van der Waals surface area (Å²) in [6, 6.07) is 6.52. The first-order valence-corrected chi connectivity index (χ1v) is 11.8. The van der Waals surface area contributed by atoms with Crippen LogP contribution in [-0.4, -0.2) is 54.5 Å². The van der Waals surface area contributed by atoms with Crippen LogP contribution in [0.5, 0.6) is 0 Å². The molecule has 2 fully saturated rings. The van der Waals surface area contributed by atoms with Crippen LogP contribution >= 0.6 is 27.7 Å². The molecule has 1 atom stereocenters. The van der Waals surface area contributed by atoms with Crippen molar-refractivity contribution in [1.29, 1.82) is 0 Å². The van der Waals surface area contributed by atoms with E-state index in [-0.39, 0.29) is 10.2 Å².